The van der Waals surface area contributed by atoms with Gasteiger partial charge in [-0.15, -0.1) is 0 Å². The van der Waals surface area contributed by atoms with E-state index in [4.69, 9.17) is 0 Å². The van der Waals surface area contributed by atoms with Gasteiger partial charge >= 0.3 is 0 Å². The van der Waals surface area contributed by atoms with Crippen molar-refractivity contribution in [2.75, 3.05) is 0 Å². The Kier molecular flexibility index (Phi) is 8.58. The molecule has 0 saturated heterocycles. The van der Waals surface area contributed by atoms with Gasteiger partial charge in [0.2, 0.25) is 11.8 Å². The summed E-state index contributed by atoms with van der Waals surface area (Å²) in [6.45, 7) is 6.60. The first-order chi connectivity index (χ1) is 17.4. The first-order valence-electron chi connectivity index (χ1n) is 13.1. The number of carbonyl (C=O) groups is 2. The van der Waals surface area contributed by atoms with Crippen LogP contribution in [0.2, 0.25) is 0 Å². The number of amides is 2. The molecule has 0 bridgehead atoms. The van der Waals surface area contributed by atoms with Crippen molar-refractivity contribution >= 4 is 11.8 Å². The molecule has 1 fully saturated rings. The second-order valence-corrected chi connectivity index (χ2v) is 10.3. The van der Waals surface area contributed by atoms with Gasteiger partial charge in [0, 0.05) is 19.0 Å². The van der Waals surface area contributed by atoms with Crippen LogP contribution in [0.4, 0.5) is 0 Å². The lowest BCUT2D eigenvalue weighted by Crippen LogP contribution is -2.52. The van der Waals surface area contributed by atoms with Crippen LogP contribution in [0.5, 0.6) is 0 Å². The Morgan fingerprint density at radius 2 is 1.50 bits per heavy atom. The minimum Gasteiger partial charge on any atom is -0.352 e. The maximum atomic E-state index is 13.9. The molecule has 0 unspecified atom stereocenters. The van der Waals surface area contributed by atoms with Crippen molar-refractivity contribution in [2.24, 2.45) is 0 Å². The fourth-order valence-electron chi connectivity index (χ4n) is 5.00. The maximum absolute atomic E-state index is 13.9. The van der Waals surface area contributed by atoms with Crippen molar-refractivity contribution < 1.29 is 9.59 Å². The van der Waals surface area contributed by atoms with Crippen LogP contribution in [0.15, 0.2) is 72.8 Å². The number of hydrogen-bond acceptors (Lipinski definition) is 2. The Balaban J connectivity index is 1.66. The third kappa shape index (κ3) is 6.84. The summed E-state index contributed by atoms with van der Waals surface area (Å²) in [7, 11) is 0. The summed E-state index contributed by atoms with van der Waals surface area (Å²) >= 11 is 0. The van der Waals surface area contributed by atoms with E-state index in [2.05, 4.69) is 62.5 Å². The standard InChI is InChI=1S/C32H38N2O2/c1-23-13-16-27(17-14-23)22-34(31(35)21-28-18-15-24(2)25(3)19-28)30(20-26-9-5-4-6-10-26)32(36)33-29-11-7-8-12-29/h4-6,9-10,13-19,29-30H,7-8,11-12,20-22H2,1-3H3,(H,33,36)/t30-/m0/s1. The third-order valence-electron chi connectivity index (χ3n) is 7.37. The van der Waals surface area contributed by atoms with Gasteiger partial charge in [0.25, 0.3) is 0 Å². The Labute approximate surface area is 215 Å². The van der Waals surface area contributed by atoms with E-state index in [-0.39, 0.29) is 24.3 Å². The number of carbonyl (C=O) groups excluding carboxylic acids is 2. The molecule has 3 aromatic rings. The molecule has 2 amide bonds. The Hall–Kier alpha value is -3.40. The number of hydrogen-bond donors (Lipinski definition) is 1. The maximum Gasteiger partial charge on any atom is 0.243 e. The van der Waals surface area contributed by atoms with Gasteiger partial charge in [-0.05, 0) is 61.4 Å². The minimum absolute atomic E-state index is 0.0265. The van der Waals surface area contributed by atoms with Crippen molar-refractivity contribution in [3.8, 4) is 0 Å². The molecule has 1 atom stereocenters. The molecule has 3 aromatic carbocycles. The van der Waals surface area contributed by atoms with Gasteiger partial charge in [-0.2, -0.15) is 0 Å². The summed E-state index contributed by atoms with van der Waals surface area (Å²) in [6, 6.07) is 24.1. The predicted octanol–water partition coefficient (Wildman–Crippen LogP) is 5.85. The van der Waals surface area contributed by atoms with Gasteiger partial charge in [0.1, 0.15) is 6.04 Å². The minimum atomic E-state index is -0.576. The van der Waals surface area contributed by atoms with E-state index in [1.165, 1.54) is 16.7 Å². The largest absolute Gasteiger partial charge is 0.352 e. The zero-order chi connectivity index (χ0) is 25.5. The van der Waals surface area contributed by atoms with Gasteiger partial charge in [0.05, 0.1) is 6.42 Å². The summed E-state index contributed by atoms with van der Waals surface area (Å²) in [4.78, 5) is 29.4. The van der Waals surface area contributed by atoms with Crippen LogP contribution in [0.3, 0.4) is 0 Å². The molecule has 0 heterocycles. The van der Waals surface area contributed by atoms with Crippen molar-refractivity contribution in [1.29, 1.82) is 0 Å². The fourth-order valence-corrected chi connectivity index (χ4v) is 5.00. The van der Waals surface area contributed by atoms with Crippen LogP contribution in [0.1, 0.15) is 59.1 Å². The highest BCUT2D eigenvalue weighted by Gasteiger charge is 2.32. The third-order valence-corrected chi connectivity index (χ3v) is 7.37. The van der Waals surface area contributed by atoms with Gasteiger partial charge in [-0.3, -0.25) is 9.59 Å². The van der Waals surface area contributed by atoms with Crippen LogP contribution < -0.4 is 5.32 Å². The van der Waals surface area contributed by atoms with E-state index in [9.17, 15) is 9.59 Å². The summed E-state index contributed by atoms with van der Waals surface area (Å²) < 4.78 is 0. The highest BCUT2D eigenvalue weighted by molar-refractivity contribution is 5.89. The Morgan fingerprint density at radius 1 is 0.833 bits per heavy atom. The lowest BCUT2D eigenvalue weighted by molar-refractivity contribution is -0.141. The molecule has 0 aromatic heterocycles. The molecule has 4 rings (SSSR count). The second kappa shape index (κ2) is 12.0. The highest BCUT2D eigenvalue weighted by atomic mass is 16.2. The zero-order valence-corrected chi connectivity index (χ0v) is 21.8. The molecule has 0 aliphatic heterocycles. The molecule has 4 heteroatoms. The van der Waals surface area contributed by atoms with Crippen LogP contribution in [-0.4, -0.2) is 28.8 Å². The SMILES string of the molecule is Cc1ccc(CN(C(=O)Cc2ccc(C)c(C)c2)[C@@H](Cc2ccccc2)C(=O)NC2CCCC2)cc1. The molecule has 1 aliphatic rings. The number of aryl methyl sites for hydroxylation is 3. The van der Waals surface area contributed by atoms with E-state index >= 15 is 0 Å². The average Bonchev–Trinajstić information content (AvgIpc) is 3.38. The second-order valence-electron chi connectivity index (χ2n) is 10.3. The van der Waals surface area contributed by atoms with Gasteiger partial charge in [-0.25, -0.2) is 0 Å². The van der Waals surface area contributed by atoms with E-state index in [1.54, 1.807) is 4.90 Å². The summed E-state index contributed by atoms with van der Waals surface area (Å²) in [6.07, 6.45) is 5.08. The molecule has 36 heavy (non-hydrogen) atoms. The number of nitrogens with one attached hydrogen (secondary N) is 1. The highest BCUT2D eigenvalue weighted by Crippen LogP contribution is 2.21. The molecular weight excluding hydrogens is 444 g/mol. The fraction of sp³-hybridized carbons (Fsp3) is 0.375. The van der Waals surface area contributed by atoms with Crippen LogP contribution in [0, 0.1) is 20.8 Å². The average molecular weight is 483 g/mol. The number of nitrogens with zero attached hydrogens (tertiary/aromatic N) is 1. The van der Waals surface area contributed by atoms with Crippen LogP contribution in [-0.2, 0) is 29.0 Å². The Bertz CT molecular complexity index is 1160. The molecule has 188 valence electrons. The predicted molar refractivity (Wildman–Crippen MR) is 146 cm³/mol. The number of benzene rings is 3. The lowest BCUT2D eigenvalue weighted by Gasteiger charge is -2.32. The first-order valence-corrected chi connectivity index (χ1v) is 13.1. The normalized spacial score (nSPS) is 14.4. The van der Waals surface area contributed by atoms with Crippen molar-refractivity contribution in [1.82, 2.24) is 10.2 Å². The summed E-state index contributed by atoms with van der Waals surface area (Å²) in [5.41, 5.74) is 6.61. The number of rotatable bonds is 9. The first kappa shape index (κ1) is 25.7. The Morgan fingerprint density at radius 3 is 2.17 bits per heavy atom. The van der Waals surface area contributed by atoms with Gasteiger partial charge in [-0.1, -0.05) is 91.2 Å². The summed E-state index contributed by atoms with van der Waals surface area (Å²) in [5, 5.41) is 3.28. The lowest BCUT2D eigenvalue weighted by atomic mass is 9.99. The summed E-state index contributed by atoms with van der Waals surface area (Å²) in [5.74, 6) is -0.0763. The van der Waals surface area contributed by atoms with Crippen LogP contribution >= 0.6 is 0 Å². The molecule has 0 spiro atoms. The molecule has 1 N–H and O–H groups in total. The van der Waals surface area contributed by atoms with E-state index in [0.29, 0.717) is 13.0 Å². The topological polar surface area (TPSA) is 49.4 Å². The van der Waals surface area contributed by atoms with Crippen molar-refractivity contribution in [3.63, 3.8) is 0 Å². The molecule has 0 radical (unpaired) electrons. The molecular formula is C32H38N2O2. The van der Waals surface area contributed by atoms with Gasteiger partial charge < -0.3 is 10.2 Å². The molecule has 1 saturated carbocycles. The van der Waals surface area contributed by atoms with Crippen LogP contribution in [0.25, 0.3) is 0 Å². The quantitative estimate of drug-likeness (QED) is 0.416. The van der Waals surface area contributed by atoms with Crippen molar-refractivity contribution in [2.45, 2.75) is 77.9 Å². The smallest absolute Gasteiger partial charge is 0.243 e. The van der Waals surface area contributed by atoms with E-state index in [0.717, 1.165) is 42.4 Å². The van der Waals surface area contributed by atoms with E-state index < -0.39 is 6.04 Å². The monoisotopic (exact) mass is 482 g/mol. The van der Waals surface area contributed by atoms with Crippen molar-refractivity contribution in [3.05, 3.63) is 106 Å². The zero-order valence-electron chi connectivity index (χ0n) is 21.8. The van der Waals surface area contributed by atoms with E-state index in [1.807, 2.05) is 36.4 Å². The molecule has 4 nitrogen and oxygen atoms in total. The van der Waals surface area contributed by atoms with Gasteiger partial charge in [0.15, 0.2) is 0 Å². The molecule has 1 aliphatic carbocycles.